The van der Waals surface area contributed by atoms with E-state index >= 15 is 0 Å². The molecule has 1 heteroatoms. The molecule has 0 aliphatic heterocycles. The fourth-order valence-electron chi connectivity index (χ4n) is 1.55. The van der Waals surface area contributed by atoms with Crippen molar-refractivity contribution >= 4 is 17.7 Å². The second kappa shape index (κ2) is 5.53. The molecule has 0 bridgehead atoms. The molecule has 0 fully saturated rings. The highest BCUT2D eigenvalue weighted by molar-refractivity contribution is 6.31. The molecule has 0 amide bonds. The van der Waals surface area contributed by atoms with E-state index in [1.54, 1.807) is 0 Å². The van der Waals surface area contributed by atoms with Gasteiger partial charge in [0.25, 0.3) is 0 Å². The largest absolute Gasteiger partial charge is 0.0840 e. The van der Waals surface area contributed by atoms with Crippen LogP contribution in [0.1, 0.15) is 11.1 Å². The molecule has 0 saturated carbocycles. The van der Waals surface area contributed by atoms with Crippen molar-refractivity contribution in [1.82, 2.24) is 0 Å². The standard InChI is InChI=1S/C15H13Cl/c16-15-12-5-4-10-14(15)11-6-9-13-7-2-1-3-8-13/h1-10,12H,11H2/b9-6+. The summed E-state index contributed by atoms with van der Waals surface area (Å²) in [6.45, 7) is 0. The molecule has 0 atom stereocenters. The van der Waals surface area contributed by atoms with E-state index in [1.807, 2.05) is 36.4 Å². The van der Waals surface area contributed by atoms with Gasteiger partial charge in [-0.3, -0.25) is 0 Å². The molecule has 0 heterocycles. The van der Waals surface area contributed by atoms with Crippen LogP contribution < -0.4 is 0 Å². The molecule has 0 nitrogen and oxygen atoms in total. The van der Waals surface area contributed by atoms with Crippen molar-refractivity contribution < 1.29 is 0 Å². The molecule has 0 aliphatic rings. The third kappa shape index (κ3) is 2.98. The lowest BCUT2D eigenvalue weighted by Gasteiger charge is -1.99. The molecule has 16 heavy (non-hydrogen) atoms. The van der Waals surface area contributed by atoms with Crippen LogP contribution in [0.3, 0.4) is 0 Å². The highest BCUT2D eigenvalue weighted by atomic mass is 35.5. The van der Waals surface area contributed by atoms with Crippen molar-refractivity contribution in [1.29, 1.82) is 0 Å². The van der Waals surface area contributed by atoms with E-state index in [2.05, 4.69) is 30.4 Å². The summed E-state index contributed by atoms with van der Waals surface area (Å²) in [5.74, 6) is 0. The summed E-state index contributed by atoms with van der Waals surface area (Å²) in [5.41, 5.74) is 2.38. The van der Waals surface area contributed by atoms with E-state index in [0.717, 1.165) is 17.0 Å². The van der Waals surface area contributed by atoms with Gasteiger partial charge < -0.3 is 0 Å². The van der Waals surface area contributed by atoms with Crippen LogP contribution in [0, 0.1) is 0 Å². The van der Waals surface area contributed by atoms with Crippen molar-refractivity contribution in [2.75, 3.05) is 0 Å². The summed E-state index contributed by atoms with van der Waals surface area (Å²) < 4.78 is 0. The Labute approximate surface area is 101 Å². The lowest BCUT2D eigenvalue weighted by atomic mass is 10.1. The summed E-state index contributed by atoms with van der Waals surface area (Å²) >= 11 is 6.07. The Morgan fingerprint density at radius 3 is 2.31 bits per heavy atom. The molecule has 0 radical (unpaired) electrons. The predicted molar refractivity (Wildman–Crippen MR) is 70.6 cm³/mol. The van der Waals surface area contributed by atoms with Crippen LogP contribution in [0.2, 0.25) is 5.02 Å². The molecular formula is C15H13Cl. The quantitative estimate of drug-likeness (QED) is 0.721. The second-order valence-electron chi connectivity index (χ2n) is 3.61. The van der Waals surface area contributed by atoms with E-state index in [-0.39, 0.29) is 0 Å². The Bertz CT molecular complexity index is 472. The molecule has 0 N–H and O–H groups in total. The van der Waals surface area contributed by atoms with Crippen molar-refractivity contribution in [3.05, 3.63) is 76.8 Å². The van der Waals surface area contributed by atoms with E-state index < -0.39 is 0 Å². The number of benzene rings is 2. The normalized spacial score (nSPS) is 10.8. The molecular weight excluding hydrogens is 216 g/mol. The van der Waals surface area contributed by atoms with Crippen LogP contribution >= 0.6 is 11.6 Å². The average molecular weight is 229 g/mol. The number of hydrogen-bond acceptors (Lipinski definition) is 0. The van der Waals surface area contributed by atoms with Gasteiger partial charge in [-0.05, 0) is 23.6 Å². The van der Waals surface area contributed by atoms with Gasteiger partial charge in [0.05, 0.1) is 0 Å². The summed E-state index contributed by atoms with van der Waals surface area (Å²) in [7, 11) is 0. The Kier molecular flexibility index (Phi) is 3.79. The minimum Gasteiger partial charge on any atom is -0.0840 e. The van der Waals surface area contributed by atoms with Gasteiger partial charge in [-0.15, -0.1) is 0 Å². The molecule has 0 aromatic heterocycles. The van der Waals surface area contributed by atoms with E-state index in [9.17, 15) is 0 Å². The Morgan fingerprint density at radius 2 is 1.56 bits per heavy atom. The zero-order valence-corrected chi connectivity index (χ0v) is 9.69. The Hall–Kier alpha value is -1.53. The Balaban J connectivity index is 2.03. The first-order valence-electron chi connectivity index (χ1n) is 5.31. The van der Waals surface area contributed by atoms with E-state index in [0.29, 0.717) is 0 Å². The average Bonchev–Trinajstić information content (AvgIpc) is 2.33. The van der Waals surface area contributed by atoms with Crippen molar-refractivity contribution in [2.45, 2.75) is 6.42 Å². The van der Waals surface area contributed by atoms with Gasteiger partial charge in [0.2, 0.25) is 0 Å². The zero-order valence-electron chi connectivity index (χ0n) is 8.94. The summed E-state index contributed by atoms with van der Waals surface area (Å²) in [6, 6.07) is 18.2. The van der Waals surface area contributed by atoms with Crippen LogP contribution in [0.5, 0.6) is 0 Å². The van der Waals surface area contributed by atoms with Crippen molar-refractivity contribution in [3.8, 4) is 0 Å². The SMILES string of the molecule is Clc1ccccc1C/C=C/c1ccccc1. The molecule has 0 saturated heterocycles. The topological polar surface area (TPSA) is 0 Å². The van der Waals surface area contributed by atoms with Crippen molar-refractivity contribution in [3.63, 3.8) is 0 Å². The summed E-state index contributed by atoms with van der Waals surface area (Å²) in [6.07, 6.45) is 5.12. The molecule has 2 rings (SSSR count). The maximum Gasteiger partial charge on any atom is 0.0441 e. The fraction of sp³-hybridized carbons (Fsp3) is 0.0667. The van der Waals surface area contributed by atoms with Gasteiger partial charge in [-0.25, -0.2) is 0 Å². The second-order valence-corrected chi connectivity index (χ2v) is 4.02. The van der Waals surface area contributed by atoms with Gasteiger partial charge in [-0.1, -0.05) is 72.3 Å². The first kappa shape index (κ1) is 11.0. The molecule has 2 aromatic rings. The minimum absolute atomic E-state index is 0.834. The minimum atomic E-state index is 0.834. The summed E-state index contributed by atoms with van der Waals surface area (Å²) in [4.78, 5) is 0. The van der Waals surface area contributed by atoms with E-state index in [4.69, 9.17) is 11.6 Å². The molecule has 0 spiro atoms. The van der Waals surface area contributed by atoms with Gasteiger partial charge in [0.1, 0.15) is 0 Å². The zero-order chi connectivity index (χ0) is 11.2. The van der Waals surface area contributed by atoms with Crippen LogP contribution in [0.4, 0.5) is 0 Å². The van der Waals surface area contributed by atoms with Crippen LogP contribution in [-0.2, 0) is 6.42 Å². The molecule has 80 valence electrons. The number of hydrogen-bond donors (Lipinski definition) is 0. The van der Waals surface area contributed by atoms with Gasteiger partial charge in [-0.2, -0.15) is 0 Å². The molecule has 2 aromatic carbocycles. The summed E-state index contributed by atoms with van der Waals surface area (Å²) in [5, 5.41) is 0.834. The number of rotatable bonds is 3. The Morgan fingerprint density at radius 1 is 0.875 bits per heavy atom. The monoisotopic (exact) mass is 228 g/mol. The smallest absolute Gasteiger partial charge is 0.0441 e. The van der Waals surface area contributed by atoms with Gasteiger partial charge >= 0.3 is 0 Å². The first-order valence-corrected chi connectivity index (χ1v) is 5.69. The van der Waals surface area contributed by atoms with E-state index in [1.165, 1.54) is 5.56 Å². The first-order chi connectivity index (χ1) is 7.86. The number of allylic oxidation sites excluding steroid dienone is 1. The third-order valence-corrected chi connectivity index (χ3v) is 2.77. The highest BCUT2D eigenvalue weighted by Gasteiger charge is 1.94. The fourth-order valence-corrected chi connectivity index (χ4v) is 1.76. The third-order valence-electron chi connectivity index (χ3n) is 2.41. The molecule has 0 unspecified atom stereocenters. The van der Waals surface area contributed by atoms with Gasteiger partial charge in [0.15, 0.2) is 0 Å². The predicted octanol–water partition coefficient (Wildman–Crippen LogP) is 4.60. The lowest BCUT2D eigenvalue weighted by Crippen LogP contribution is -1.81. The maximum absolute atomic E-state index is 6.07. The molecule has 0 aliphatic carbocycles. The number of halogens is 1. The van der Waals surface area contributed by atoms with Crippen molar-refractivity contribution in [2.24, 2.45) is 0 Å². The van der Waals surface area contributed by atoms with Crippen LogP contribution in [0.15, 0.2) is 60.7 Å². The highest BCUT2D eigenvalue weighted by Crippen LogP contribution is 2.16. The lowest BCUT2D eigenvalue weighted by molar-refractivity contribution is 1.28. The van der Waals surface area contributed by atoms with Gasteiger partial charge in [0, 0.05) is 5.02 Å². The maximum atomic E-state index is 6.07. The van der Waals surface area contributed by atoms with Crippen LogP contribution in [-0.4, -0.2) is 0 Å². The van der Waals surface area contributed by atoms with Crippen LogP contribution in [0.25, 0.3) is 6.08 Å².